The van der Waals surface area contributed by atoms with Gasteiger partial charge in [-0.25, -0.2) is 0 Å². The molecule has 2 N–H and O–H groups in total. The third kappa shape index (κ3) is 1.58. The summed E-state index contributed by atoms with van der Waals surface area (Å²) in [7, 11) is 0. The van der Waals surface area contributed by atoms with Crippen molar-refractivity contribution in [2.75, 3.05) is 24.5 Å². The number of aromatic amines is 1. The number of nitrogens with zero attached hydrogens (tertiary/aromatic N) is 1. The van der Waals surface area contributed by atoms with Crippen LogP contribution in [0.2, 0.25) is 0 Å². The second-order valence-electron chi connectivity index (χ2n) is 7.27. The predicted octanol–water partition coefficient (Wildman–Crippen LogP) is 3.46. The van der Waals surface area contributed by atoms with Crippen LogP contribution < -0.4 is 10.2 Å². The minimum Gasteiger partial charge on any atom is -0.358 e. The van der Waals surface area contributed by atoms with Crippen LogP contribution >= 0.6 is 0 Å². The van der Waals surface area contributed by atoms with E-state index in [2.05, 4.69) is 40.3 Å². The van der Waals surface area contributed by atoms with E-state index in [1.54, 1.807) is 5.56 Å². The second kappa shape index (κ2) is 4.04. The van der Waals surface area contributed by atoms with Crippen molar-refractivity contribution in [2.45, 2.75) is 44.1 Å². The van der Waals surface area contributed by atoms with E-state index in [0.29, 0.717) is 0 Å². The van der Waals surface area contributed by atoms with Crippen LogP contribution in [-0.2, 0) is 5.54 Å². The minimum atomic E-state index is 0.173. The Morgan fingerprint density at radius 3 is 2.86 bits per heavy atom. The summed E-state index contributed by atoms with van der Waals surface area (Å²) in [5.41, 5.74) is 4.56. The first-order chi connectivity index (χ1) is 10.2. The molecule has 2 saturated heterocycles. The zero-order valence-corrected chi connectivity index (χ0v) is 12.7. The van der Waals surface area contributed by atoms with Crippen LogP contribution in [0.15, 0.2) is 18.2 Å². The second-order valence-corrected chi connectivity index (χ2v) is 7.27. The Balaban J connectivity index is 1.70. The third-order valence-corrected chi connectivity index (χ3v) is 6.04. The number of rotatable bonds is 1. The molecule has 0 radical (unpaired) electrons. The molecule has 1 aromatic heterocycles. The SMILES string of the molecule is CC1(c2ccc3[nH]c4c(c3c2)C2CCN4CC2)CCCN1. The first kappa shape index (κ1) is 12.1. The zero-order chi connectivity index (χ0) is 14.0. The fourth-order valence-corrected chi connectivity index (χ4v) is 4.74. The Labute approximate surface area is 125 Å². The molecule has 1 atom stereocenters. The predicted molar refractivity (Wildman–Crippen MR) is 87.1 cm³/mol. The van der Waals surface area contributed by atoms with Gasteiger partial charge in [-0.1, -0.05) is 6.07 Å². The number of piperidine rings is 1. The first-order valence-corrected chi connectivity index (χ1v) is 8.41. The van der Waals surface area contributed by atoms with Gasteiger partial charge in [-0.15, -0.1) is 0 Å². The van der Waals surface area contributed by atoms with E-state index >= 15 is 0 Å². The first-order valence-electron chi connectivity index (χ1n) is 8.41. The summed E-state index contributed by atoms with van der Waals surface area (Å²) in [4.78, 5) is 6.23. The van der Waals surface area contributed by atoms with Crippen LogP contribution in [0.25, 0.3) is 10.9 Å². The van der Waals surface area contributed by atoms with E-state index in [1.807, 2.05) is 0 Å². The smallest absolute Gasteiger partial charge is 0.110 e. The molecule has 1 unspecified atom stereocenters. The van der Waals surface area contributed by atoms with Gasteiger partial charge in [0.25, 0.3) is 0 Å². The number of nitrogens with one attached hydrogen (secondary N) is 2. The monoisotopic (exact) mass is 281 g/mol. The van der Waals surface area contributed by atoms with Gasteiger partial charge in [-0.05, 0) is 62.8 Å². The number of fused-ring (bicyclic) bond motifs is 3. The highest BCUT2D eigenvalue weighted by Crippen LogP contribution is 2.46. The summed E-state index contributed by atoms with van der Waals surface area (Å²) in [5, 5.41) is 5.18. The van der Waals surface area contributed by atoms with Gasteiger partial charge in [-0.2, -0.15) is 0 Å². The maximum absolute atomic E-state index is 3.70. The summed E-state index contributed by atoms with van der Waals surface area (Å²) in [5.74, 6) is 2.19. The fraction of sp³-hybridized carbons (Fsp3) is 0.556. The maximum atomic E-state index is 3.70. The Bertz CT molecular complexity index is 701. The van der Waals surface area contributed by atoms with Gasteiger partial charge in [-0.3, -0.25) is 0 Å². The molecule has 0 spiro atoms. The van der Waals surface area contributed by atoms with E-state index in [0.717, 1.165) is 12.5 Å². The Hall–Kier alpha value is -1.48. The Morgan fingerprint density at radius 1 is 1.24 bits per heavy atom. The summed E-state index contributed by atoms with van der Waals surface area (Å²) < 4.78 is 0. The lowest BCUT2D eigenvalue weighted by Crippen LogP contribution is -2.38. The summed E-state index contributed by atoms with van der Waals surface area (Å²) >= 11 is 0. The molecule has 6 rings (SSSR count). The zero-order valence-electron chi connectivity index (χ0n) is 12.7. The minimum absolute atomic E-state index is 0.173. The van der Waals surface area contributed by atoms with E-state index < -0.39 is 0 Å². The van der Waals surface area contributed by atoms with Gasteiger partial charge < -0.3 is 15.2 Å². The number of hydrogen-bond acceptors (Lipinski definition) is 2. The molecule has 2 bridgehead atoms. The van der Waals surface area contributed by atoms with Crippen LogP contribution in [-0.4, -0.2) is 24.6 Å². The summed E-state index contributed by atoms with van der Waals surface area (Å²) in [6.07, 6.45) is 5.20. The largest absolute Gasteiger partial charge is 0.358 e. The molecule has 21 heavy (non-hydrogen) atoms. The number of aromatic nitrogens is 1. The van der Waals surface area contributed by atoms with Crippen molar-refractivity contribution in [2.24, 2.45) is 0 Å². The number of anilines is 1. The van der Waals surface area contributed by atoms with Gasteiger partial charge in [0.15, 0.2) is 0 Å². The summed E-state index contributed by atoms with van der Waals surface area (Å²) in [6, 6.07) is 7.08. The molecule has 0 amide bonds. The highest BCUT2D eigenvalue weighted by Gasteiger charge is 2.35. The van der Waals surface area contributed by atoms with Gasteiger partial charge >= 0.3 is 0 Å². The number of benzene rings is 1. The topological polar surface area (TPSA) is 31.1 Å². The lowest BCUT2D eigenvalue weighted by molar-refractivity contribution is 0.435. The average molecular weight is 281 g/mol. The number of hydrogen-bond donors (Lipinski definition) is 2. The molecular formula is C18H23N3. The van der Waals surface area contributed by atoms with E-state index in [-0.39, 0.29) is 5.54 Å². The van der Waals surface area contributed by atoms with E-state index in [1.165, 1.54) is 61.1 Å². The maximum Gasteiger partial charge on any atom is 0.110 e. The van der Waals surface area contributed by atoms with Gasteiger partial charge in [0, 0.05) is 35.1 Å². The molecule has 3 nitrogen and oxygen atoms in total. The molecule has 1 aromatic carbocycles. The lowest BCUT2D eigenvalue weighted by Gasteiger charge is -2.40. The molecule has 2 aromatic rings. The Kier molecular flexibility index (Phi) is 2.33. The summed E-state index contributed by atoms with van der Waals surface area (Å²) in [6.45, 7) is 5.97. The number of H-pyrrole nitrogens is 1. The molecular weight excluding hydrogens is 258 g/mol. The molecule has 0 aliphatic carbocycles. The lowest BCUT2D eigenvalue weighted by atomic mass is 9.83. The molecule has 3 heteroatoms. The normalized spacial score (nSPS) is 28.5. The van der Waals surface area contributed by atoms with Gasteiger partial charge in [0.1, 0.15) is 5.82 Å². The van der Waals surface area contributed by atoms with Crippen molar-refractivity contribution in [1.82, 2.24) is 10.3 Å². The van der Waals surface area contributed by atoms with Crippen molar-refractivity contribution in [3.05, 3.63) is 29.3 Å². The molecule has 5 heterocycles. The van der Waals surface area contributed by atoms with Crippen molar-refractivity contribution in [1.29, 1.82) is 0 Å². The quantitative estimate of drug-likeness (QED) is 0.838. The van der Waals surface area contributed by atoms with Crippen LogP contribution in [0.3, 0.4) is 0 Å². The van der Waals surface area contributed by atoms with Crippen LogP contribution in [0.5, 0.6) is 0 Å². The van der Waals surface area contributed by atoms with Crippen molar-refractivity contribution < 1.29 is 0 Å². The van der Waals surface area contributed by atoms with Gasteiger partial charge in [0.05, 0.1) is 0 Å². The molecule has 4 aliphatic rings. The molecule has 4 aliphatic heterocycles. The van der Waals surface area contributed by atoms with Gasteiger partial charge in [0.2, 0.25) is 0 Å². The van der Waals surface area contributed by atoms with Crippen LogP contribution in [0.1, 0.15) is 49.7 Å². The highest BCUT2D eigenvalue weighted by atomic mass is 15.2. The Morgan fingerprint density at radius 2 is 2.10 bits per heavy atom. The van der Waals surface area contributed by atoms with E-state index in [4.69, 9.17) is 0 Å². The molecule has 2 fully saturated rings. The molecule has 110 valence electrons. The van der Waals surface area contributed by atoms with Crippen molar-refractivity contribution >= 4 is 16.7 Å². The van der Waals surface area contributed by atoms with Crippen LogP contribution in [0, 0.1) is 0 Å². The average Bonchev–Trinajstić information content (AvgIpc) is 3.13. The van der Waals surface area contributed by atoms with Crippen molar-refractivity contribution in [3.8, 4) is 0 Å². The molecule has 0 saturated carbocycles. The third-order valence-electron chi connectivity index (χ3n) is 6.04. The van der Waals surface area contributed by atoms with Crippen molar-refractivity contribution in [3.63, 3.8) is 0 Å². The fourth-order valence-electron chi connectivity index (χ4n) is 4.74. The standard InChI is InChI=1S/C18H23N3/c1-18(7-2-8-19-18)13-3-4-15-14(11-13)16-12-5-9-21(10-6-12)17(16)20-15/h3-4,11-12,19-20H,2,5-10H2,1H3. The highest BCUT2D eigenvalue weighted by molar-refractivity contribution is 5.91. The van der Waals surface area contributed by atoms with Crippen LogP contribution in [0.4, 0.5) is 5.82 Å². The van der Waals surface area contributed by atoms with E-state index in [9.17, 15) is 0 Å².